The molecule has 0 saturated heterocycles. The second-order valence-corrected chi connectivity index (χ2v) is 20.2. The average Bonchev–Trinajstić information content (AvgIpc) is 2.37. The van der Waals surface area contributed by atoms with E-state index < -0.39 is 18.4 Å². The second kappa shape index (κ2) is 14.2. The molecule has 0 aliphatic heterocycles. The Bertz CT molecular complexity index is 122. The van der Waals surface area contributed by atoms with Crippen molar-refractivity contribution in [2.75, 3.05) is 0 Å². The van der Waals surface area contributed by atoms with Crippen LogP contribution in [0.2, 0.25) is 17.7 Å². The van der Waals surface area contributed by atoms with Gasteiger partial charge in [0.05, 0.1) is 0 Å². The largest absolute Gasteiger partial charge is 0.344 e. The van der Waals surface area contributed by atoms with Crippen LogP contribution < -0.4 is 6.15 Å². The van der Waals surface area contributed by atoms with Gasteiger partial charge in [0.25, 0.3) is 0 Å². The van der Waals surface area contributed by atoms with Crippen molar-refractivity contribution in [2.24, 2.45) is 0 Å². The van der Waals surface area contributed by atoms with Gasteiger partial charge in [-0.05, 0) is 0 Å². The van der Waals surface area contributed by atoms with Gasteiger partial charge >= 0.3 is 115 Å². The molecule has 0 aromatic carbocycles. The van der Waals surface area contributed by atoms with E-state index in [1.807, 2.05) is 0 Å². The van der Waals surface area contributed by atoms with Crippen LogP contribution >= 0.6 is 0 Å². The molecule has 0 aliphatic carbocycles. The Hall–Kier alpha value is 0.759. The fraction of sp³-hybridized carbons (Fsp3) is 1.00. The van der Waals surface area contributed by atoms with Crippen molar-refractivity contribution in [3.05, 3.63) is 0 Å². The quantitative estimate of drug-likeness (QED) is 0.380. The molecule has 2 heteroatoms. The predicted octanol–water partition coefficient (Wildman–Crippen LogP) is 6.80. The summed E-state index contributed by atoms with van der Waals surface area (Å²) < 4.78 is 6.80. The van der Waals surface area contributed by atoms with E-state index >= 15 is 0 Å². The zero-order chi connectivity index (χ0) is 13.0. The van der Waals surface area contributed by atoms with Crippen molar-refractivity contribution in [3.8, 4) is 0 Å². The van der Waals surface area contributed by atoms with Gasteiger partial charge in [-0.3, -0.25) is 0 Å². The molecule has 112 valence electrons. The first-order valence-corrected chi connectivity index (χ1v) is 16.3. The van der Waals surface area contributed by atoms with Crippen molar-refractivity contribution >= 4 is 18.4 Å². The first kappa shape index (κ1) is 21.1. The predicted molar refractivity (Wildman–Crippen MR) is 89.6 cm³/mol. The van der Waals surface area contributed by atoms with Crippen LogP contribution in [0.15, 0.2) is 0 Å². The maximum Gasteiger partial charge on any atom is -0.344 e. The van der Waals surface area contributed by atoms with E-state index in [0.29, 0.717) is 0 Å². The number of hydrogen-bond acceptors (Lipinski definition) is 1. The van der Waals surface area contributed by atoms with Crippen LogP contribution in [-0.2, 0) is 0 Å². The third-order valence-corrected chi connectivity index (χ3v) is 20.4. The normalized spacial score (nSPS) is 11.3. The van der Waals surface area contributed by atoms with Crippen LogP contribution in [0, 0.1) is 0 Å². The van der Waals surface area contributed by atoms with Gasteiger partial charge in [0, 0.05) is 0 Å². The summed E-state index contributed by atoms with van der Waals surface area (Å²) in [6, 6.07) is 0. The maximum atomic E-state index is 2.37. The zero-order valence-electron chi connectivity index (χ0n) is 13.7. The summed E-state index contributed by atoms with van der Waals surface area (Å²) in [5.74, 6) is 0. The molecule has 0 radical (unpaired) electrons. The standard InChI is InChI=1S/4C4H9.H3N.Sn/c4*1-3-4-2;;/h4*1,3-4H2,2H3;1H3;. The molecule has 1 nitrogen and oxygen atoms in total. The summed E-state index contributed by atoms with van der Waals surface area (Å²) in [7, 11) is 0. The van der Waals surface area contributed by atoms with Crippen LogP contribution in [0.1, 0.15) is 79.1 Å². The van der Waals surface area contributed by atoms with Crippen LogP contribution in [0.3, 0.4) is 0 Å². The summed E-state index contributed by atoms with van der Waals surface area (Å²) in [5.41, 5.74) is 0. The Morgan fingerprint density at radius 1 is 0.500 bits per heavy atom. The van der Waals surface area contributed by atoms with Crippen LogP contribution in [0.25, 0.3) is 0 Å². The first-order chi connectivity index (χ1) is 8.24. The molecule has 0 rings (SSSR count). The Labute approximate surface area is 121 Å². The van der Waals surface area contributed by atoms with E-state index in [4.69, 9.17) is 0 Å². The molecule has 0 bridgehead atoms. The van der Waals surface area contributed by atoms with Crippen molar-refractivity contribution in [2.45, 2.75) is 96.8 Å². The molecule has 0 unspecified atom stereocenters. The van der Waals surface area contributed by atoms with E-state index in [-0.39, 0.29) is 6.15 Å². The fourth-order valence-electron chi connectivity index (χ4n) is 2.96. The molecule has 18 heavy (non-hydrogen) atoms. The molecular weight excluding hydrogens is 325 g/mol. The monoisotopic (exact) mass is 365 g/mol. The smallest absolute Gasteiger partial charge is 0.344 e. The van der Waals surface area contributed by atoms with Crippen molar-refractivity contribution < 1.29 is 0 Å². The topological polar surface area (TPSA) is 35.0 Å². The molecule has 3 N–H and O–H groups in total. The summed E-state index contributed by atoms with van der Waals surface area (Å²) in [5, 5.41) is 0. The number of rotatable bonds is 12. The summed E-state index contributed by atoms with van der Waals surface area (Å²) in [4.78, 5) is 0. The fourth-order valence-corrected chi connectivity index (χ4v) is 19.8. The van der Waals surface area contributed by atoms with Gasteiger partial charge in [0.2, 0.25) is 0 Å². The van der Waals surface area contributed by atoms with Gasteiger partial charge in [-0.2, -0.15) is 0 Å². The Morgan fingerprint density at radius 2 is 0.722 bits per heavy atom. The zero-order valence-corrected chi connectivity index (χ0v) is 16.5. The SMILES string of the molecule is CCC[CH2][Sn]([CH2]CCC)([CH2]CCC)[CH2]CCC.N. The summed E-state index contributed by atoms with van der Waals surface area (Å²) >= 11 is -1.69. The number of unbranched alkanes of at least 4 members (excludes halogenated alkanes) is 4. The van der Waals surface area contributed by atoms with Gasteiger partial charge in [0.15, 0.2) is 0 Å². The van der Waals surface area contributed by atoms with Crippen molar-refractivity contribution in [1.29, 1.82) is 0 Å². The first-order valence-electron chi connectivity index (χ1n) is 8.24. The summed E-state index contributed by atoms with van der Waals surface area (Å²) in [6.07, 6.45) is 11.8. The average molecular weight is 364 g/mol. The van der Waals surface area contributed by atoms with Crippen LogP contribution in [0.4, 0.5) is 0 Å². The van der Waals surface area contributed by atoms with Crippen molar-refractivity contribution in [1.82, 2.24) is 6.15 Å². The molecule has 0 aromatic rings. The molecule has 0 spiro atoms. The third kappa shape index (κ3) is 9.66. The molecule has 0 fully saturated rings. The van der Waals surface area contributed by atoms with E-state index in [9.17, 15) is 0 Å². The molecule has 0 atom stereocenters. The second-order valence-electron chi connectivity index (χ2n) is 5.91. The van der Waals surface area contributed by atoms with Gasteiger partial charge in [-0.1, -0.05) is 0 Å². The van der Waals surface area contributed by atoms with E-state index in [2.05, 4.69) is 27.7 Å². The molecule has 0 saturated carbocycles. The maximum absolute atomic E-state index is 2.37. The molecule has 0 aliphatic rings. The van der Waals surface area contributed by atoms with Crippen LogP contribution in [-0.4, -0.2) is 18.4 Å². The van der Waals surface area contributed by atoms with E-state index in [0.717, 1.165) is 0 Å². The molecule has 0 aromatic heterocycles. The van der Waals surface area contributed by atoms with Crippen LogP contribution in [0.5, 0.6) is 0 Å². The van der Waals surface area contributed by atoms with Gasteiger partial charge in [0.1, 0.15) is 0 Å². The van der Waals surface area contributed by atoms with E-state index in [1.165, 1.54) is 51.4 Å². The molecule has 0 heterocycles. The van der Waals surface area contributed by atoms with Gasteiger partial charge in [-0.25, -0.2) is 0 Å². The molecular formula is C16H39NSn. The van der Waals surface area contributed by atoms with Crippen molar-refractivity contribution in [3.63, 3.8) is 0 Å². The summed E-state index contributed by atoms with van der Waals surface area (Å²) in [6.45, 7) is 9.48. The minimum absolute atomic E-state index is 0. The Morgan fingerprint density at radius 3 is 0.889 bits per heavy atom. The van der Waals surface area contributed by atoms with E-state index in [1.54, 1.807) is 17.7 Å². The third-order valence-electron chi connectivity index (χ3n) is 4.24. The minimum atomic E-state index is -1.69. The van der Waals surface area contributed by atoms with Gasteiger partial charge < -0.3 is 6.15 Å². The Kier molecular flexibility index (Phi) is 16.6. The van der Waals surface area contributed by atoms with Gasteiger partial charge in [-0.15, -0.1) is 0 Å². The minimum Gasteiger partial charge on any atom is -0.344 e. The Balaban J connectivity index is 0. The molecule has 0 amide bonds. The number of hydrogen-bond donors (Lipinski definition) is 1.